The summed E-state index contributed by atoms with van der Waals surface area (Å²) in [5.41, 5.74) is 1.20. The molecule has 3 atom stereocenters. The lowest BCUT2D eigenvalue weighted by atomic mass is 10.1. The van der Waals surface area contributed by atoms with Gasteiger partial charge in [0.25, 0.3) is 0 Å². The lowest BCUT2D eigenvalue weighted by molar-refractivity contribution is 0.144. The molecule has 0 amide bonds. The van der Waals surface area contributed by atoms with E-state index >= 15 is 0 Å². The third-order valence-electron chi connectivity index (χ3n) is 3.54. The van der Waals surface area contributed by atoms with Crippen molar-refractivity contribution in [2.75, 3.05) is 7.11 Å². The molecule has 94 valence electrons. The number of benzene rings is 1. The highest BCUT2D eigenvalue weighted by Crippen LogP contribution is 2.24. The maximum absolute atomic E-state index is 9.80. The number of hydrogen-bond donors (Lipinski definition) is 2. The second-order valence-corrected chi connectivity index (χ2v) is 4.77. The quantitative estimate of drug-likeness (QED) is 0.841. The predicted molar refractivity (Wildman–Crippen MR) is 68.2 cm³/mol. The molecule has 0 aromatic heterocycles. The van der Waals surface area contributed by atoms with E-state index in [0.717, 1.165) is 25.0 Å². The van der Waals surface area contributed by atoms with Crippen molar-refractivity contribution in [3.63, 3.8) is 0 Å². The van der Waals surface area contributed by atoms with Gasteiger partial charge in [-0.15, -0.1) is 0 Å². The number of aliphatic hydroxyl groups excluding tert-OH is 1. The summed E-state index contributed by atoms with van der Waals surface area (Å²) >= 11 is 0. The summed E-state index contributed by atoms with van der Waals surface area (Å²) in [6, 6.07) is 8.54. The minimum atomic E-state index is -0.192. The number of aliphatic hydroxyl groups is 1. The van der Waals surface area contributed by atoms with Crippen molar-refractivity contribution < 1.29 is 9.84 Å². The first-order valence-electron chi connectivity index (χ1n) is 6.29. The topological polar surface area (TPSA) is 41.5 Å². The number of rotatable bonds is 4. The molecule has 0 saturated heterocycles. The van der Waals surface area contributed by atoms with Crippen molar-refractivity contribution in [3.05, 3.63) is 29.8 Å². The third-order valence-corrected chi connectivity index (χ3v) is 3.54. The highest BCUT2D eigenvalue weighted by molar-refractivity contribution is 5.30. The van der Waals surface area contributed by atoms with Crippen molar-refractivity contribution in [1.82, 2.24) is 5.32 Å². The summed E-state index contributed by atoms with van der Waals surface area (Å²) in [7, 11) is 1.68. The Balaban J connectivity index is 2.00. The molecule has 1 saturated carbocycles. The van der Waals surface area contributed by atoms with E-state index in [0.29, 0.717) is 0 Å². The van der Waals surface area contributed by atoms with Gasteiger partial charge in [0.1, 0.15) is 5.75 Å². The van der Waals surface area contributed by atoms with E-state index in [1.165, 1.54) is 5.56 Å². The molecule has 1 aromatic carbocycles. The van der Waals surface area contributed by atoms with Crippen molar-refractivity contribution in [2.45, 2.75) is 44.4 Å². The van der Waals surface area contributed by atoms with Crippen molar-refractivity contribution in [1.29, 1.82) is 0 Å². The van der Waals surface area contributed by atoms with Crippen LogP contribution in [0.2, 0.25) is 0 Å². The molecule has 1 aliphatic rings. The molecule has 2 N–H and O–H groups in total. The van der Waals surface area contributed by atoms with Crippen molar-refractivity contribution >= 4 is 0 Å². The van der Waals surface area contributed by atoms with Gasteiger partial charge in [0.2, 0.25) is 0 Å². The van der Waals surface area contributed by atoms with Crippen LogP contribution in [0.15, 0.2) is 24.3 Å². The molecular formula is C14H21NO2. The Labute approximate surface area is 103 Å². The van der Waals surface area contributed by atoms with Gasteiger partial charge in [0, 0.05) is 12.1 Å². The maximum Gasteiger partial charge on any atom is 0.119 e. The molecule has 1 aromatic rings. The first-order valence-corrected chi connectivity index (χ1v) is 6.29. The van der Waals surface area contributed by atoms with Crippen LogP contribution >= 0.6 is 0 Å². The largest absolute Gasteiger partial charge is 0.497 e. The highest BCUT2D eigenvalue weighted by atomic mass is 16.5. The average Bonchev–Trinajstić information content (AvgIpc) is 2.75. The standard InChI is InChI=1S/C14H21NO2/c1-10(15-13-7-4-8-14(13)16)11-5-3-6-12(9-11)17-2/h3,5-6,9-10,13-16H,4,7-8H2,1-2H3/t10-,13+,14+/m0/s1. The summed E-state index contributed by atoms with van der Waals surface area (Å²) in [6.07, 6.45) is 2.91. The maximum atomic E-state index is 9.80. The van der Waals surface area contributed by atoms with Crippen LogP contribution in [0.25, 0.3) is 0 Å². The second-order valence-electron chi connectivity index (χ2n) is 4.77. The molecular weight excluding hydrogens is 214 g/mol. The summed E-state index contributed by atoms with van der Waals surface area (Å²) in [6.45, 7) is 2.12. The lowest BCUT2D eigenvalue weighted by Crippen LogP contribution is -2.37. The molecule has 1 fully saturated rings. The summed E-state index contributed by atoms with van der Waals surface area (Å²) < 4.78 is 5.22. The fourth-order valence-corrected chi connectivity index (χ4v) is 2.46. The van der Waals surface area contributed by atoms with Gasteiger partial charge >= 0.3 is 0 Å². The highest BCUT2D eigenvalue weighted by Gasteiger charge is 2.26. The van der Waals surface area contributed by atoms with Crippen LogP contribution in [0.4, 0.5) is 0 Å². The van der Waals surface area contributed by atoms with Crippen LogP contribution < -0.4 is 10.1 Å². The Hall–Kier alpha value is -1.06. The van der Waals surface area contributed by atoms with E-state index in [1.54, 1.807) is 7.11 Å². The van der Waals surface area contributed by atoms with Gasteiger partial charge in [-0.05, 0) is 43.9 Å². The Bertz CT molecular complexity index is 367. The summed E-state index contributed by atoms with van der Waals surface area (Å²) in [5, 5.41) is 13.3. The fraction of sp³-hybridized carbons (Fsp3) is 0.571. The Morgan fingerprint density at radius 3 is 2.88 bits per heavy atom. The van der Waals surface area contributed by atoms with E-state index in [2.05, 4.69) is 18.3 Å². The first kappa shape index (κ1) is 12.4. The molecule has 17 heavy (non-hydrogen) atoms. The zero-order chi connectivity index (χ0) is 12.3. The summed E-state index contributed by atoms with van der Waals surface area (Å²) in [5.74, 6) is 0.878. The molecule has 2 rings (SSSR count). The number of ether oxygens (including phenoxy) is 1. The molecule has 1 aliphatic carbocycles. The lowest BCUT2D eigenvalue weighted by Gasteiger charge is -2.22. The number of nitrogens with one attached hydrogen (secondary N) is 1. The molecule has 0 spiro atoms. The molecule has 0 aliphatic heterocycles. The van der Waals surface area contributed by atoms with Crippen molar-refractivity contribution in [3.8, 4) is 5.75 Å². The monoisotopic (exact) mass is 235 g/mol. The van der Waals surface area contributed by atoms with Gasteiger partial charge in [-0.25, -0.2) is 0 Å². The zero-order valence-electron chi connectivity index (χ0n) is 10.5. The molecule has 0 bridgehead atoms. The first-order chi connectivity index (χ1) is 8.20. The van der Waals surface area contributed by atoms with Gasteiger partial charge in [0.15, 0.2) is 0 Å². The summed E-state index contributed by atoms with van der Waals surface area (Å²) in [4.78, 5) is 0. The Kier molecular flexibility index (Phi) is 4.02. The van der Waals surface area contributed by atoms with Crippen LogP contribution in [0.3, 0.4) is 0 Å². The van der Waals surface area contributed by atoms with Gasteiger partial charge in [-0.1, -0.05) is 12.1 Å². The minimum Gasteiger partial charge on any atom is -0.497 e. The smallest absolute Gasteiger partial charge is 0.119 e. The van der Waals surface area contributed by atoms with Gasteiger partial charge in [-0.2, -0.15) is 0 Å². The molecule has 0 heterocycles. The van der Waals surface area contributed by atoms with E-state index < -0.39 is 0 Å². The van der Waals surface area contributed by atoms with E-state index in [4.69, 9.17) is 4.74 Å². The Morgan fingerprint density at radius 1 is 1.41 bits per heavy atom. The van der Waals surface area contributed by atoms with E-state index in [1.807, 2.05) is 18.2 Å². The minimum absolute atomic E-state index is 0.192. The zero-order valence-corrected chi connectivity index (χ0v) is 10.5. The van der Waals surface area contributed by atoms with Crippen LogP contribution in [-0.2, 0) is 0 Å². The van der Waals surface area contributed by atoms with Crippen molar-refractivity contribution in [2.24, 2.45) is 0 Å². The van der Waals surface area contributed by atoms with E-state index in [9.17, 15) is 5.11 Å². The number of hydrogen-bond acceptors (Lipinski definition) is 3. The van der Waals surface area contributed by atoms with Crippen LogP contribution in [0.5, 0.6) is 5.75 Å². The average molecular weight is 235 g/mol. The van der Waals surface area contributed by atoms with Crippen LogP contribution in [0, 0.1) is 0 Å². The normalized spacial score (nSPS) is 25.8. The fourth-order valence-electron chi connectivity index (χ4n) is 2.46. The Morgan fingerprint density at radius 2 is 2.24 bits per heavy atom. The van der Waals surface area contributed by atoms with Gasteiger partial charge in [-0.3, -0.25) is 0 Å². The third kappa shape index (κ3) is 2.99. The predicted octanol–water partition coefficient (Wildman–Crippen LogP) is 2.26. The van der Waals surface area contributed by atoms with Crippen LogP contribution in [-0.4, -0.2) is 24.4 Å². The van der Waals surface area contributed by atoms with Crippen LogP contribution in [0.1, 0.15) is 37.8 Å². The van der Waals surface area contributed by atoms with E-state index in [-0.39, 0.29) is 18.2 Å². The molecule has 3 nitrogen and oxygen atoms in total. The molecule has 0 radical (unpaired) electrons. The SMILES string of the molecule is COc1cccc([C@H](C)N[C@@H]2CCC[C@H]2O)c1. The molecule has 3 heteroatoms. The second kappa shape index (κ2) is 5.52. The van der Waals surface area contributed by atoms with Gasteiger partial charge in [0.05, 0.1) is 13.2 Å². The van der Waals surface area contributed by atoms with Gasteiger partial charge < -0.3 is 15.2 Å². The number of methoxy groups -OCH3 is 1. The molecule has 0 unspecified atom stereocenters.